The summed E-state index contributed by atoms with van der Waals surface area (Å²) >= 11 is 0. The number of halogens is 1. The van der Waals surface area contributed by atoms with Gasteiger partial charge in [-0.1, -0.05) is 18.2 Å². The van der Waals surface area contributed by atoms with Crippen LogP contribution in [0.2, 0.25) is 0 Å². The van der Waals surface area contributed by atoms with E-state index in [1.54, 1.807) is 7.05 Å². The van der Waals surface area contributed by atoms with E-state index in [2.05, 4.69) is 80.5 Å². The van der Waals surface area contributed by atoms with E-state index in [9.17, 15) is 0 Å². The van der Waals surface area contributed by atoms with Crippen molar-refractivity contribution < 1.29 is 0 Å². The number of hydrogen-bond donors (Lipinski definition) is 3. The summed E-state index contributed by atoms with van der Waals surface area (Å²) in [6, 6.07) is 12.5. The summed E-state index contributed by atoms with van der Waals surface area (Å²) in [5, 5.41) is 8.07. The number of imidazole rings is 1. The van der Waals surface area contributed by atoms with E-state index in [1.165, 1.54) is 27.7 Å². The molecule has 0 unspecified atom stereocenters. The minimum atomic E-state index is 0. The molecule has 0 atom stereocenters. The number of rotatable bonds is 5. The number of guanidine groups is 1. The Bertz CT molecular complexity index is 1140. The quantitative estimate of drug-likeness (QED) is 0.220. The number of hydrogen-bond acceptors (Lipinski definition) is 2. The number of aromatic amines is 1. The molecule has 0 radical (unpaired) electrons. The zero-order valence-corrected chi connectivity index (χ0v) is 19.3. The van der Waals surface area contributed by atoms with Crippen LogP contribution in [0.4, 0.5) is 0 Å². The van der Waals surface area contributed by atoms with Gasteiger partial charge in [-0.3, -0.25) is 4.99 Å². The number of aliphatic imine (C=N–C) groups is 1. The molecule has 0 fully saturated rings. The first-order valence-corrected chi connectivity index (χ1v) is 9.59. The Labute approximate surface area is 187 Å². The highest BCUT2D eigenvalue weighted by atomic mass is 127. The van der Waals surface area contributed by atoms with Crippen LogP contribution in [0.25, 0.3) is 16.6 Å². The summed E-state index contributed by atoms with van der Waals surface area (Å²) < 4.78 is 2.10. The maximum atomic E-state index is 4.66. The second-order valence-corrected chi connectivity index (χ2v) is 7.04. The molecule has 3 aromatic heterocycles. The van der Waals surface area contributed by atoms with Gasteiger partial charge in [-0.2, -0.15) is 0 Å². The van der Waals surface area contributed by atoms with Crippen LogP contribution in [-0.4, -0.2) is 33.9 Å². The van der Waals surface area contributed by atoms with Gasteiger partial charge in [0.15, 0.2) is 5.96 Å². The van der Waals surface area contributed by atoms with Crippen molar-refractivity contribution in [3.63, 3.8) is 0 Å². The van der Waals surface area contributed by atoms with Gasteiger partial charge in [-0.25, -0.2) is 4.98 Å². The van der Waals surface area contributed by atoms with Gasteiger partial charge in [-0.05, 0) is 49.6 Å². The van der Waals surface area contributed by atoms with Gasteiger partial charge >= 0.3 is 0 Å². The smallest absolute Gasteiger partial charge is 0.191 e. The lowest BCUT2D eigenvalue weighted by atomic mass is 10.1. The fourth-order valence-electron chi connectivity index (χ4n) is 3.64. The minimum absolute atomic E-state index is 0. The maximum Gasteiger partial charge on any atom is 0.191 e. The number of benzene rings is 1. The lowest BCUT2D eigenvalue weighted by Gasteiger charge is -2.11. The van der Waals surface area contributed by atoms with Crippen molar-refractivity contribution in [2.75, 3.05) is 13.6 Å². The van der Waals surface area contributed by atoms with Crippen molar-refractivity contribution >= 4 is 46.5 Å². The predicted molar refractivity (Wildman–Crippen MR) is 130 cm³/mol. The van der Waals surface area contributed by atoms with Gasteiger partial charge in [-0.15, -0.1) is 24.0 Å². The van der Waals surface area contributed by atoms with E-state index in [4.69, 9.17) is 0 Å². The molecule has 0 aliphatic heterocycles. The van der Waals surface area contributed by atoms with Crippen molar-refractivity contribution in [3.05, 3.63) is 71.3 Å². The topological polar surface area (TPSA) is 69.5 Å². The average molecular weight is 502 g/mol. The van der Waals surface area contributed by atoms with Crippen molar-refractivity contribution in [3.8, 4) is 0 Å². The van der Waals surface area contributed by atoms with E-state index in [-0.39, 0.29) is 24.0 Å². The first kappa shape index (κ1) is 21.2. The first-order chi connectivity index (χ1) is 13.7. The molecular formula is C22H27IN6. The standard InChI is InChI=1S/C22H26N6.HI/c1-15-6-4-8-19-21(15)17(12-25-19)10-11-24-22(23-3)26-13-18-14-28-16(2)7-5-9-20(28)27-18;/h4-9,12,14,25H,10-11,13H2,1-3H3,(H2,23,24,26);1H. The first-order valence-electron chi connectivity index (χ1n) is 9.59. The van der Waals surface area contributed by atoms with Gasteiger partial charge in [0.1, 0.15) is 5.65 Å². The molecule has 4 rings (SSSR count). The molecule has 7 heteroatoms. The minimum Gasteiger partial charge on any atom is -0.361 e. The van der Waals surface area contributed by atoms with Crippen LogP contribution in [0.1, 0.15) is 22.5 Å². The molecule has 3 heterocycles. The Morgan fingerprint density at radius 3 is 2.76 bits per heavy atom. The third-order valence-corrected chi connectivity index (χ3v) is 5.09. The fourth-order valence-corrected chi connectivity index (χ4v) is 3.64. The van der Waals surface area contributed by atoms with Gasteiger partial charge in [0, 0.05) is 42.6 Å². The number of aromatic nitrogens is 3. The molecule has 6 nitrogen and oxygen atoms in total. The SMILES string of the molecule is CN=C(NCCc1c[nH]c2cccc(C)c12)NCc1cn2c(C)cccc2n1.I. The van der Waals surface area contributed by atoms with E-state index in [0.717, 1.165) is 30.3 Å². The highest BCUT2D eigenvalue weighted by Gasteiger charge is 2.07. The zero-order chi connectivity index (χ0) is 19.5. The highest BCUT2D eigenvalue weighted by molar-refractivity contribution is 14.0. The molecule has 29 heavy (non-hydrogen) atoms. The monoisotopic (exact) mass is 502 g/mol. The summed E-state index contributed by atoms with van der Waals surface area (Å²) in [5.41, 5.74) is 6.96. The van der Waals surface area contributed by atoms with E-state index >= 15 is 0 Å². The second kappa shape index (κ2) is 9.30. The van der Waals surface area contributed by atoms with Crippen molar-refractivity contribution in [2.45, 2.75) is 26.8 Å². The zero-order valence-electron chi connectivity index (χ0n) is 17.0. The molecule has 0 saturated heterocycles. The number of H-pyrrole nitrogens is 1. The van der Waals surface area contributed by atoms with Gasteiger partial charge in [0.2, 0.25) is 0 Å². The Kier molecular flexibility index (Phi) is 6.79. The van der Waals surface area contributed by atoms with Gasteiger partial charge in [0.05, 0.1) is 12.2 Å². The highest BCUT2D eigenvalue weighted by Crippen LogP contribution is 2.22. The molecule has 152 valence electrons. The normalized spacial score (nSPS) is 11.6. The number of nitrogens with zero attached hydrogens (tertiary/aromatic N) is 3. The summed E-state index contributed by atoms with van der Waals surface area (Å²) in [4.78, 5) is 12.3. The van der Waals surface area contributed by atoms with Crippen LogP contribution in [-0.2, 0) is 13.0 Å². The van der Waals surface area contributed by atoms with Crippen molar-refractivity contribution in [2.24, 2.45) is 4.99 Å². The Morgan fingerprint density at radius 2 is 1.97 bits per heavy atom. The number of pyridine rings is 1. The lowest BCUT2D eigenvalue weighted by molar-refractivity contribution is 0.788. The maximum absolute atomic E-state index is 4.66. The molecule has 0 aliphatic rings. The lowest BCUT2D eigenvalue weighted by Crippen LogP contribution is -2.37. The van der Waals surface area contributed by atoms with Gasteiger partial charge < -0.3 is 20.0 Å². The van der Waals surface area contributed by atoms with Crippen LogP contribution in [0, 0.1) is 13.8 Å². The van der Waals surface area contributed by atoms with Crippen LogP contribution >= 0.6 is 24.0 Å². The summed E-state index contributed by atoms with van der Waals surface area (Å²) in [7, 11) is 1.79. The molecule has 0 saturated carbocycles. The Hall–Kier alpha value is -2.55. The molecule has 3 N–H and O–H groups in total. The van der Waals surface area contributed by atoms with Crippen LogP contribution < -0.4 is 10.6 Å². The third-order valence-electron chi connectivity index (χ3n) is 5.09. The van der Waals surface area contributed by atoms with Crippen LogP contribution in [0.3, 0.4) is 0 Å². The van der Waals surface area contributed by atoms with E-state index in [0.29, 0.717) is 6.54 Å². The van der Waals surface area contributed by atoms with E-state index < -0.39 is 0 Å². The van der Waals surface area contributed by atoms with Gasteiger partial charge in [0.25, 0.3) is 0 Å². The molecule has 1 aromatic carbocycles. The van der Waals surface area contributed by atoms with Crippen LogP contribution in [0.15, 0.2) is 53.8 Å². The number of aryl methyl sites for hydroxylation is 2. The Morgan fingerprint density at radius 1 is 1.14 bits per heavy atom. The molecule has 0 aliphatic carbocycles. The number of nitrogens with one attached hydrogen (secondary N) is 3. The van der Waals surface area contributed by atoms with Crippen molar-refractivity contribution in [1.29, 1.82) is 0 Å². The summed E-state index contributed by atoms with van der Waals surface area (Å²) in [5.74, 6) is 0.783. The van der Waals surface area contributed by atoms with Crippen LogP contribution in [0.5, 0.6) is 0 Å². The molecule has 0 spiro atoms. The number of fused-ring (bicyclic) bond motifs is 2. The largest absolute Gasteiger partial charge is 0.361 e. The average Bonchev–Trinajstić information content (AvgIpc) is 3.30. The summed E-state index contributed by atoms with van der Waals surface area (Å²) in [6.07, 6.45) is 5.10. The van der Waals surface area contributed by atoms with Crippen molar-refractivity contribution in [1.82, 2.24) is 25.0 Å². The third kappa shape index (κ3) is 4.55. The molecule has 0 amide bonds. The summed E-state index contributed by atoms with van der Waals surface area (Å²) in [6.45, 7) is 5.68. The molecule has 4 aromatic rings. The fraction of sp³-hybridized carbons (Fsp3) is 0.273. The molecule has 0 bridgehead atoms. The molecular weight excluding hydrogens is 475 g/mol. The Balaban J connectivity index is 0.00000240. The second-order valence-electron chi connectivity index (χ2n) is 7.04. The van der Waals surface area contributed by atoms with E-state index in [1.807, 2.05) is 12.1 Å². The predicted octanol–water partition coefficient (Wildman–Crippen LogP) is 3.96.